The van der Waals surface area contributed by atoms with Crippen molar-refractivity contribution in [2.24, 2.45) is 0 Å². The van der Waals surface area contributed by atoms with Gasteiger partial charge in [0.2, 0.25) is 0 Å². The summed E-state index contributed by atoms with van der Waals surface area (Å²) in [7, 11) is 1.62. The van der Waals surface area contributed by atoms with Crippen LogP contribution in [0.5, 0.6) is 5.75 Å². The Labute approximate surface area is 176 Å². The number of para-hydroxylation sites is 1. The van der Waals surface area contributed by atoms with Crippen LogP contribution in [0.3, 0.4) is 0 Å². The standard InChI is InChI=1S/C24H27N3O3/c1-16(2)17-8-10-19(11-9-17)24(28)27-14-12-18(13-15-27)22-25-23(30-26-22)20-6-4-5-7-21(20)29-3/h4-11,16,18H,12-15H2,1-3H3. The van der Waals surface area contributed by atoms with Crippen molar-refractivity contribution < 1.29 is 14.1 Å². The summed E-state index contributed by atoms with van der Waals surface area (Å²) in [5.41, 5.74) is 2.78. The number of benzene rings is 2. The lowest BCUT2D eigenvalue weighted by atomic mass is 9.95. The monoisotopic (exact) mass is 405 g/mol. The van der Waals surface area contributed by atoms with Crippen molar-refractivity contribution in [2.75, 3.05) is 20.2 Å². The average molecular weight is 405 g/mol. The fraction of sp³-hybridized carbons (Fsp3) is 0.375. The number of carbonyl (C=O) groups excluding carboxylic acids is 1. The molecule has 4 rings (SSSR count). The molecule has 1 aliphatic heterocycles. The van der Waals surface area contributed by atoms with Crippen molar-refractivity contribution in [3.8, 4) is 17.2 Å². The molecule has 1 amide bonds. The van der Waals surface area contributed by atoms with Gasteiger partial charge < -0.3 is 14.2 Å². The molecule has 0 saturated carbocycles. The maximum absolute atomic E-state index is 12.8. The lowest BCUT2D eigenvalue weighted by molar-refractivity contribution is 0.0710. The van der Waals surface area contributed by atoms with Crippen LogP contribution in [0.15, 0.2) is 53.1 Å². The molecule has 6 heteroatoms. The first-order valence-electron chi connectivity index (χ1n) is 10.4. The van der Waals surface area contributed by atoms with E-state index in [-0.39, 0.29) is 11.8 Å². The fourth-order valence-corrected chi connectivity index (χ4v) is 3.87. The van der Waals surface area contributed by atoms with Crippen LogP contribution in [0, 0.1) is 0 Å². The summed E-state index contributed by atoms with van der Waals surface area (Å²) in [4.78, 5) is 19.4. The van der Waals surface area contributed by atoms with Crippen molar-refractivity contribution in [1.82, 2.24) is 15.0 Å². The van der Waals surface area contributed by atoms with E-state index in [1.165, 1.54) is 5.56 Å². The summed E-state index contributed by atoms with van der Waals surface area (Å²) in [6.07, 6.45) is 1.64. The van der Waals surface area contributed by atoms with E-state index in [1.807, 2.05) is 53.4 Å². The summed E-state index contributed by atoms with van der Waals surface area (Å²) in [6, 6.07) is 15.6. The van der Waals surface area contributed by atoms with Gasteiger partial charge in [0.1, 0.15) is 5.75 Å². The first-order chi connectivity index (χ1) is 14.6. The van der Waals surface area contributed by atoms with Crippen LogP contribution >= 0.6 is 0 Å². The van der Waals surface area contributed by atoms with E-state index >= 15 is 0 Å². The van der Waals surface area contributed by atoms with E-state index in [1.54, 1.807) is 7.11 Å². The van der Waals surface area contributed by atoms with Gasteiger partial charge in [-0.2, -0.15) is 4.98 Å². The lowest BCUT2D eigenvalue weighted by Crippen LogP contribution is -2.38. The highest BCUT2D eigenvalue weighted by atomic mass is 16.5. The third kappa shape index (κ3) is 4.08. The number of likely N-dealkylation sites (tertiary alicyclic amines) is 1. The van der Waals surface area contributed by atoms with Gasteiger partial charge in [-0.3, -0.25) is 4.79 Å². The number of carbonyl (C=O) groups is 1. The van der Waals surface area contributed by atoms with Gasteiger partial charge in [-0.25, -0.2) is 0 Å². The molecule has 0 atom stereocenters. The molecular weight excluding hydrogens is 378 g/mol. The zero-order valence-corrected chi connectivity index (χ0v) is 17.7. The van der Waals surface area contributed by atoms with Gasteiger partial charge in [0, 0.05) is 24.6 Å². The topological polar surface area (TPSA) is 68.5 Å². The Morgan fingerprint density at radius 3 is 2.47 bits per heavy atom. The molecule has 0 radical (unpaired) electrons. The van der Waals surface area contributed by atoms with E-state index in [0.29, 0.717) is 36.5 Å². The first-order valence-corrected chi connectivity index (χ1v) is 10.4. The lowest BCUT2D eigenvalue weighted by Gasteiger charge is -2.30. The van der Waals surface area contributed by atoms with Crippen molar-refractivity contribution in [1.29, 1.82) is 0 Å². The molecule has 1 fully saturated rings. The molecule has 0 bridgehead atoms. The molecule has 3 aromatic rings. The van der Waals surface area contributed by atoms with Gasteiger partial charge in [-0.15, -0.1) is 0 Å². The van der Waals surface area contributed by atoms with Gasteiger partial charge >= 0.3 is 0 Å². The van der Waals surface area contributed by atoms with Crippen LogP contribution in [0.2, 0.25) is 0 Å². The minimum Gasteiger partial charge on any atom is -0.496 e. The summed E-state index contributed by atoms with van der Waals surface area (Å²) < 4.78 is 10.9. The summed E-state index contributed by atoms with van der Waals surface area (Å²) in [5.74, 6) is 2.60. The Morgan fingerprint density at radius 1 is 1.10 bits per heavy atom. The van der Waals surface area contributed by atoms with Crippen LogP contribution in [0.25, 0.3) is 11.5 Å². The zero-order chi connectivity index (χ0) is 21.1. The van der Waals surface area contributed by atoms with E-state index in [2.05, 4.69) is 24.0 Å². The van der Waals surface area contributed by atoms with Gasteiger partial charge in [0.25, 0.3) is 11.8 Å². The molecule has 0 unspecified atom stereocenters. The molecule has 0 spiro atoms. The summed E-state index contributed by atoms with van der Waals surface area (Å²) in [6.45, 7) is 5.68. The highest BCUT2D eigenvalue weighted by molar-refractivity contribution is 5.94. The maximum Gasteiger partial charge on any atom is 0.261 e. The second-order valence-electron chi connectivity index (χ2n) is 8.00. The predicted molar refractivity (Wildman–Crippen MR) is 115 cm³/mol. The number of nitrogens with zero attached hydrogens (tertiary/aromatic N) is 3. The number of hydrogen-bond acceptors (Lipinski definition) is 5. The fourth-order valence-electron chi connectivity index (χ4n) is 3.87. The molecule has 1 aromatic heterocycles. The van der Waals surface area contributed by atoms with Crippen molar-refractivity contribution >= 4 is 5.91 Å². The van der Waals surface area contributed by atoms with Crippen LogP contribution in [-0.2, 0) is 0 Å². The van der Waals surface area contributed by atoms with E-state index in [9.17, 15) is 4.79 Å². The first kappa shape index (κ1) is 20.1. The van der Waals surface area contributed by atoms with Crippen molar-refractivity contribution in [3.63, 3.8) is 0 Å². The number of ether oxygens (including phenoxy) is 1. The number of aromatic nitrogens is 2. The third-order valence-corrected chi connectivity index (χ3v) is 5.75. The predicted octanol–water partition coefficient (Wildman–Crippen LogP) is 4.89. The highest BCUT2D eigenvalue weighted by Crippen LogP contribution is 2.32. The highest BCUT2D eigenvalue weighted by Gasteiger charge is 2.28. The largest absolute Gasteiger partial charge is 0.496 e. The second kappa shape index (κ2) is 8.69. The third-order valence-electron chi connectivity index (χ3n) is 5.75. The molecular formula is C24H27N3O3. The average Bonchev–Trinajstić information content (AvgIpc) is 3.29. The normalized spacial score (nSPS) is 14.9. The second-order valence-corrected chi connectivity index (χ2v) is 8.00. The number of rotatable bonds is 5. The molecule has 1 aliphatic rings. The van der Waals surface area contributed by atoms with Gasteiger partial charge in [-0.05, 0) is 48.6 Å². The minimum atomic E-state index is 0.0894. The zero-order valence-electron chi connectivity index (χ0n) is 17.7. The Kier molecular flexibility index (Phi) is 5.84. The summed E-state index contributed by atoms with van der Waals surface area (Å²) in [5, 5.41) is 4.20. The molecule has 2 heterocycles. The Bertz CT molecular complexity index is 1000. The van der Waals surface area contributed by atoms with Gasteiger partial charge in [-0.1, -0.05) is 43.3 Å². The number of hydrogen-bond donors (Lipinski definition) is 0. The molecule has 156 valence electrons. The van der Waals surface area contributed by atoms with E-state index in [4.69, 9.17) is 9.26 Å². The molecule has 0 aliphatic carbocycles. The molecule has 2 aromatic carbocycles. The van der Waals surface area contributed by atoms with Gasteiger partial charge in [0.15, 0.2) is 5.82 Å². The number of amides is 1. The minimum absolute atomic E-state index is 0.0894. The van der Waals surface area contributed by atoms with Crippen molar-refractivity contribution in [3.05, 3.63) is 65.5 Å². The quantitative estimate of drug-likeness (QED) is 0.605. The van der Waals surface area contributed by atoms with Crippen LogP contribution in [0.4, 0.5) is 0 Å². The van der Waals surface area contributed by atoms with Crippen molar-refractivity contribution in [2.45, 2.75) is 38.5 Å². The van der Waals surface area contributed by atoms with Crippen LogP contribution in [0.1, 0.15) is 60.3 Å². The van der Waals surface area contributed by atoms with Gasteiger partial charge in [0.05, 0.1) is 12.7 Å². The Hall–Kier alpha value is -3.15. The summed E-state index contributed by atoms with van der Waals surface area (Å²) >= 11 is 0. The smallest absolute Gasteiger partial charge is 0.261 e. The maximum atomic E-state index is 12.8. The van der Waals surface area contributed by atoms with E-state index in [0.717, 1.165) is 24.0 Å². The Balaban J connectivity index is 1.40. The molecule has 1 saturated heterocycles. The van der Waals surface area contributed by atoms with Crippen LogP contribution < -0.4 is 4.74 Å². The van der Waals surface area contributed by atoms with E-state index < -0.39 is 0 Å². The molecule has 0 N–H and O–H groups in total. The molecule has 30 heavy (non-hydrogen) atoms. The Morgan fingerprint density at radius 2 is 1.80 bits per heavy atom. The van der Waals surface area contributed by atoms with Crippen LogP contribution in [-0.4, -0.2) is 41.1 Å². The SMILES string of the molecule is COc1ccccc1-c1nc(C2CCN(C(=O)c3ccc(C(C)C)cc3)CC2)no1. The number of methoxy groups -OCH3 is 1. The molecule has 6 nitrogen and oxygen atoms in total. The number of piperidine rings is 1.